The van der Waals surface area contributed by atoms with Crippen LogP contribution in [-0.2, 0) is 4.74 Å². The van der Waals surface area contributed by atoms with Gasteiger partial charge in [0.05, 0.1) is 19.5 Å². The Hall–Kier alpha value is -1.86. The van der Waals surface area contributed by atoms with Gasteiger partial charge < -0.3 is 9.47 Å². The van der Waals surface area contributed by atoms with Crippen LogP contribution in [0.25, 0.3) is 0 Å². The minimum atomic E-state index is -4.48. The zero-order valence-electron chi connectivity index (χ0n) is 8.99. The predicted octanol–water partition coefficient (Wildman–Crippen LogP) is 1.59. The van der Waals surface area contributed by atoms with E-state index in [1.54, 1.807) is 0 Å². The minimum Gasteiger partial charge on any atom is -0.464 e. The standard InChI is InChI=1S/C9H9F3N2O3/c1-5(9(10,11)12)17-7-4-13-6(3-14-7)8(15)16-2/h3-5H,1-2H3. The molecule has 0 N–H and O–H groups in total. The summed E-state index contributed by atoms with van der Waals surface area (Å²) in [4.78, 5) is 18.0. The van der Waals surface area contributed by atoms with Crippen molar-refractivity contribution in [1.82, 2.24) is 9.97 Å². The van der Waals surface area contributed by atoms with E-state index in [2.05, 4.69) is 19.4 Å². The third kappa shape index (κ3) is 3.58. The molecule has 0 amide bonds. The first kappa shape index (κ1) is 13.2. The van der Waals surface area contributed by atoms with E-state index >= 15 is 0 Å². The number of halogens is 3. The van der Waals surface area contributed by atoms with Crippen molar-refractivity contribution in [3.05, 3.63) is 18.1 Å². The van der Waals surface area contributed by atoms with E-state index in [-0.39, 0.29) is 11.6 Å². The molecule has 94 valence electrons. The second kappa shape index (κ2) is 4.98. The summed E-state index contributed by atoms with van der Waals surface area (Å²) in [5.74, 6) is -1.05. The van der Waals surface area contributed by atoms with Crippen LogP contribution in [0.1, 0.15) is 17.4 Å². The Bertz CT molecular complexity index is 391. The average molecular weight is 250 g/mol. The lowest BCUT2D eigenvalue weighted by Gasteiger charge is -2.16. The molecule has 1 heterocycles. The fraction of sp³-hybridized carbons (Fsp3) is 0.444. The van der Waals surface area contributed by atoms with Crippen molar-refractivity contribution in [2.24, 2.45) is 0 Å². The van der Waals surface area contributed by atoms with Gasteiger partial charge in [-0.15, -0.1) is 0 Å². The van der Waals surface area contributed by atoms with Crippen LogP contribution in [0, 0.1) is 0 Å². The second-order valence-electron chi connectivity index (χ2n) is 3.03. The number of aromatic nitrogens is 2. The fourth-order valence-corrected chi connectivity index (χ4v) is 0.835. The molecule has 1 rings (SSSR count). The number of ether oxygens (including phenoxy) is 2. The first-order valence-corrected chi connectivity index (χ1v) is 4.48. The zero-order valence-corrected chi connectivity index (χ0v) is 8.99. The maximum absolute atomic E-state index is 12.1. The van der Waals surface area contributed by atoms with Gasteiger partial charge in [0.1, 0.15) is 0 Å². The Morgan fingerprint density at radius 3 is 2.41 bits per heavy atom. The zero-order chi connectivity index (χ0) is 13.1. The van der Waals surface area contributed by atoms with Crippen LogP contribution in [0.4, 0.5) is 13.2 Å². The van der Waals surface area contributed by atoms with Crippen molar-refractivity contribution >= 4 is 5.97 Å². The van der Waals surface area contributed by atoms with E-state index < -0.39 is 18.2 Å². The highest BCUT2D eigenvalue weighted by molar-refractivity contribution is 5.86. The highest BCUT2D eigenvalue weighted by Crippen LogP contribution is 2.23. The van der Waals surface area contributed by atoms with Gasteiger partial charge in [-0.1, -0.05) is 0 Å². The van der Waals surface area contributed by atoms with Crippen LogP contribution in [-0.4, -0.2) is 35.3 Å². The molecule has 1 atom stereocenters. The van der Waals surface area contributed by atoms with Crippen molar-refractivity contribution in [2.45, 2.75) is 19.2 Å². The van der Waals surface area contributed by atoms with Crippen molar-refractivity contribution < 1.29 is 27.4 Å². The highest BCUT2D eigenvalue weighted by Gasteiger charge is 2.38. The van der Waals surface area contributed by atoms with Gasteiger partial charge in [0.25, 0.3) is 0 Å². The number of esters is 1. The summed E-state index contributed by atoms with van der Waals surface area (Å²) in [7, 11) is 1.15. The monoisotopic (exact) mass is 250 g/mol. The normalized spacial score (nSPS) is 13.0. The highest BCUT2D eigenvalue weighted by atomic mass is 19.4. The summed E-state index contributed by atoms with van der Waals surface area (Å²) in [6, 6.07) is 0. The third-order valence-corrected chi connectivity index (χ3v) is 1.78. The Morgan fingerprint density at radius 2 is 2.00 bits per heavy atom. The van der Waals surface area contributed by atoms with Crippen molar-refractivity contribution in [1.29, 1.82) is 0 Å². The van der Waals surface area contributed by atoms with Gasteiger partial charge in [-0.25, -0.2) is 14.8 Å². The molecule has 0 aliphatic rings. The largest absolute Gasteiger partial charge is 0.464 e. The summed E-state index contributed by atoms with van der Waals surface area (Å²) in [6.07, 6.45) is -4.58. The quantitative estimate of drug-likeness (QED) is 0.762. The lowest BCUT2D eigenvalue weighted by atomic mass is 10.4. The lowest BCUT2D eigenvalue weighted by molar-refractivity contribution is -0.190. The van der Waals surface area contributed by atoms with Crippen LogP contribution in [0.2, 0.25) is 0 Å². The van der Waals surface area contributed by atoms with E-state index in [0.717, 1.165) is 26.4 Å². The minimum absolute atomic E-state index is 0.112. The van der Waals surface area contributed by atoms with Gasteiger partial charge in [-0.2, -0.15) is 13.2 Å². The van der Waals surface area contributed by atoms with E-state index in [1.807, 2.05) is 0 Å². The maximum atomic E-state index is 12.1. The molecule has 8 heteroatoms. The Kier molecular flexibility index (Phi) is 3.87. The third-order valence-electron chi connectivity index (χ3n) is 1.78. The van der Waals surface area contributed by atoms with Crippen LogP contribution < -0.4 is 4.74 Å². The summed E-state index contributed by atoms with van der Waals surface area (Å²) in [6.45, 7) is 0.843. The number of hydrogen-bond donors (Lipinski definition) is 0. The molecule has 0 bridgehead atoms. The molecule has 0 saturated carbocycles. The van der Waals surface area contributed by atoms with Crippen LogP contribution in [0.15, 0.2) is 12.4 Å². The van der Waals surface area contributed by atoms with Crippen molar-refractivity contribution in [2.75, 3.05) is 7.11 Å². The number of carbonyl (C=O) groups excluding carboxylic acids is 1. The molecule has 5 nitrogen and oxygen atoms in total. The SMILES string of the molecule is COC(=O)c1cnc(OC(C)C(F)(F)F)cn1. The molecule has 0 spiro atoms. The van der Waals surface area contributed by atoms with Crippen molar-refractivity contribution in [3.63, 3.8) is 0 Å². The molecule has 0 aromatic carbocycles. The Morgan fingerprint density at radius 1 is 1.35 bits per heavy atom. The molecule has 1 aromatic rings. The summed E-state index contributed by atoms with van der Waals surface area (Å²) < 4.78 is 45.3. The smallest absolute Gasteiger partial charge is 0.425 e. The van der Waals surface area contributed by atoms with E-state index in [1.165, 1.54) is 0 Å². The number of rotatable bonds is 3. The second-order valence-corrected chi connectivity index (χ2v) is 3.03. The van der Waals surface area contributed by atoms with E-state index in [9.17, 15) is 18.0 Å². The number of alkyl halides is 3. The first-order valence-electron chi connectivity index (χ1n) is 4.48. The summed E-state index contributed by atoms with van der Waals surface area (Å²) in [5, 5.41) is 0. The van der Waals surface area contributed by atoms with Gasteiger partial charge in [0.2, 0.25) is 5.88 Å². The molecular weight excluding hydrogens is 241 g/mol. The van der Waals surface area contributed by atoms with Gasteiger partial charge >= 0.3 is 12.1 Å². The number of hydrogen-bond acceptors (Lipinski definition) is 5. The molecule has 17 heavy (non-hydrogen) atoms. The van der Waals surface area contributed by atoms with Crippen LogP contribution >= 0.6 is 0 Å². The molecule has 0 aliphatic carbocycles. The number of carbonyl (C=O) groups is 1. The molecule has 0 fully saturated rings. The Labute approximate surface area is 94.6 Å². The fourth-order valence-electron chi connectivity index (χ4n) is 0.835. The van der Waals surface area contributed by atoms with E-state index in [4.69, 9.17) is 0 Å². The Balaban J connectivity index is 2.72. The molecule has 1 unspecified atom stereocenters. The molecular formula is C9H9F3N2O3. The molecule has 1 aromatic heterocycles. The average Bonchev–Trinajstić information content (AvgIpc) is 2.27. The number of nitrogens with zero attached hydrogens (tertiary/aromatic N) is 2. The topological polar surface area (TPSA) is 61.3 Å². The summed E-state index contributed by atoms with van der Waals surface area (Å²) in [5.41, 5.74) is -0.112. The lowest BCUT2D eigenvalue weighted by Crippen LogP contribution is -2.31. The first-order chi connectivity index (χ1) is 7.84. The van der Waals surface area contributed by atoms with Gasteiger partial charge in [0.15, 0.2) is 11.8 Å². The molecule has 0 radical (unpaired) electrons. The van der Waals surface area contributed by atoms with E-state index in [0.29, 0.717) is 0 Å². The van der Waals surface area contributed by atoms with Crippen LogP contribution in [0.5, 0.6) is 5.88 Å². The van der Waals surface area contributed by atoms with Gasteiger partial charge in [-0.3, -0.25) is 0 Å². The van der Waals surface area contributed by atoms with Gasteiger partial charge in [-0.05, 0) is 6.92 Å². The van der Waals surface area contributed by atoms with Crippen molar-refractivity contribution in [3.8, 4) is 5.88 Å². The molecule has 0 aliphatic heterocycles. The maximum Gasteiger partial charge on any atom is 0.425 e. The predicted molar refractivity (Wildman–Crippen MR) is 49.5 cm³/mol. The number of methoxy groups -OCH3 is 1. The summed E-state index contributed by atoms with van der Waals surface area (Å²) >= 11 is 0. The van der Waals surface area contributed by atoms with Crippen LogP contribution in [0.3, 0.4) is 0 Å². The molecule has 0 saturated heterocycles. The van der Waals surface area contributed by atoms with Gasteiger partial charge in [0, 0.05) is 0 Å².